The number of carbonyl (C=O) groups is 1. The number of amides is 1. The van der Waals surface area contributed by atoms with Crippen LogP contribution in [0.3, 0.4) is 0 Å². The van der Waals surface area contributed by atoms with Crippen LogP contribution >= 0.6 is 11.6 Å². The number of ether oxygens (including phenoxy) is 1. The highest BCUT2D eigenvalue weighted by molar-refractivity contribution is 7.88. The van der Waals surface area contributed by atoms with Crippen molar-refractivity contribution in [2.24, 2.45) is 0 Å². The van der Waals surface area contributed by atoms with Gasteiger partial charge in [0.15, 0.2) is 0 Å². The van der Waals surface area contributed by atoms with Crippen LogP contribution in [0.15, 0.2) is 42.5 Å². The van der Waals surface area contributed by atoms with Gasteiger partial charge in [-0.05, 0) is 36.2 Å². The summed E-state index contributed by atoms with van der Waals surface area (Å²) in [4.78, 5) is 11.9. The smallest absolute Gasteiger partial charge is 0.239 e. The molecule has 2 aromatic carbocycles. The van der Waals surface area contributed by atoms with Crippen molar-refractivity contribution >= 4 is 33.2 Å². The summed E-state index contributed by atoms with van der Waals surface area (Å²) in [6, 6.07) is 12.0. The van der Waals surface area contributed by atoms with Gasteiger partial charge in [-0.1, -0.05) is 35.9 Å². The van der Waals surface area contributed by atoms with Gasteiger partial charge in [-0.25, -0.2) is 13.1 Å². The summed E-state index contributed by atoms with van der Waals surface area (Å²) in [6.45, 7) is 1.51. The SMILES string of the molecule is COc1ccc(CS(=O)(=O)NCC(=O)Nc2ccccc2C)cc1Cl. The van der Waals surface area contributed by atoms with Crippen LogP contribution in [0.2, 0.25) is 5.02 Å². The Labute approximate surface area is 152 Å². The molecule has 0 atom stereocenters. The zero-order valence-electron chi connectivity index (χ0n) is 13.9. The van der Waals surface area contributed by atoms with Gasteiger partial charge in [-0.2, -0.15) is 0 Å². The number of nitrogens with one attached hydrogen (secondary N) is 2. The monoisotopic (exact) mass is 382 g/mol. The molecule has 0 radical (unpaired) electrons. The van der Waals surface area contributed by atoms with E-state index in [1.165, 1.54) is 13.2 Å². The van der Waals surface area contributed by atoms with Gasteiger partial charge in [0.1, 0.15) is 5.75 Å². The Balaban J connectivity index is 1.94. The van der Waals surface area contributed by atoms with E-state index in [1.54, 1.807) is 24.3 Å². The second-order valence-electron chi connectivity index (χ2n) is 5.41. The first kappa shape index (κ1) is 19.2. The number of rotatable bonds is 7. The number of hydrogen-bond donors (Lipinski definition) is 2. The molecular formula is C17H19ClN2O4S. The average Bonchev–Trinajstić information content (AvgIpc) is 2.55. The normalized spacial score (nSPS) is 11.2. The van der Waals surface area contributed by atoms with Gasteiger partial charge >= 0.3 is 0 Å². The molecule has 2 N–H and O–H groups in total. The van der Waals surface area contributed by atoms with Gasteiger partial charge in [0, 0.05) is 5.69 Å². The number of methoxy groups -OCH3 is 1. The van der Waals surface area contributed by atoms with Crippen LogP contribution in [0, 0.1) is 6.92 Å². The van der Waals surface area contributed by atoms with E-state index in [-0.39, 0.29) is 12.3 Å². The number of carbonyl (C=O) groups excluding carboxylic acids is 1. The van der Waals surface area contributed by atoms with E-state index in [0.717, 1.165) is 5.56 Å². The van der Waals surface area contributed by atoms with Gasteiger partial charge in [0.25, 0.3) is 0 Å². The lowest BCUT2D eigenvalue weighted by Gasteiger charge is -2.10. The molecule has 8 heteroatoms. The molecule has 0 aliphatic rings. The van der Waals surface area contributed by atoms with E-state index in [9.17, 15) is 13.2 Å². The van der Waals surface area contributed by atoms with Crippen LogP contribution in [-0.4, -0.2) is 28.0 Å². The van der Waals surface area contributed by atoms with Crippen molar-refractivity contribution in [1.29, 1.82) is 0 Å². The van der Waals surface area contributed by atoms with Crippen LogP contribution in [-0.2, 0) is 20.6 Å². The number of hydrogen-bond acceptors (Lipinski definition) is 4. The molecular weight excluding hydrogens is 364 g/mol. The molecule has 0 unspecified atom stereocenters. The summed E-state index contributed by atoms with van der Waals surface area (Å²) in [6.07, 6.45) is 0. The fourth-order valence-corrected chi connectivity index (χ4v) is 3.50. The summed E-state index contributed by atoms with van der Waals surface area (Å²) in [5, 5.41) is 2.99. The minimum atomic E-state index is -3.68. The maximum atomic E-state index is 12.1. The Kier molecular flexibility index (Phi) is 6.41. The molecule has 0 aliphatic carbocycles. The largest absolute Gasteiger partial charge is 0.495 e. The fourth-order valence-electron chi connectivity index (χ4n) is 2.15. The Hall–Kier alpha value is -2.09. The van der Waals surface area contributed by atoms with E-state index >= 15 is 0 Å². The third kappa shape index (κ3) is 5.74. The molecule has 0 saturated heterocycles. The van der Waals surface area contributed by atoms with Crippen LogP contribution < -0.4 is 14.8 Å². The Morgan fingerprint density at radius 1 is 1.20 bits per heavy atom. The molecule has 2 aromatic rings. The molecule has 0 bridgehead atoms. The number of anilines is 1. The number of sulfonamides is 1. The summed E-state index contributed by atoms with van der Waals surface area (Å²) in [7, 11) is -2.20. The maximum absolute atomic E-state index is 12.1. The van der Waals surface area contributed by atoms with Crippen molar-refractivity contribution in [2.45, 2.75) is 12.7 Å². The molecule has 25 heavy (non-hydrogen) atoms. The van der Waals surface area contributed by atoms with Crippen molar-refractivity contribution in [3.8, 4) is 5.75 Å². The lowest BCUT2D eigenvalue weighted by atomic mass is 10.2. The first-order chi connectivity index (χ1) is 11.8. The minimum Gasteiger partial charge on any atom is -0.495 e. The summed E-state index contributed by atoms with van der Waals surface area (Å²) >= 11 is 5.99. The molecule has 0 spiro atoms. The van der Waals surface area contributed by atoms with Gasteiger partial charge in [-0.15, -0.1) is 0 Å². The molecule has 1 amide bonds. The van der Waals surface area contributed by atoms with Crippen molar-refractivity contribution in [1.82, 2.24) is 4.72 Å². The lowest BCUT2D eigenvalue weighted by molar-refractivity contribution is -0.115. The van der Waals surface area contributed by atoms with Crippen LogP contribution in [0.5, 0.6) is 5.75 Å². The first-order valence-corrected chi connectivity index (χ1v) is 9.49. The van der Waals surface area contributed by atoms with Crippen LogP contribution in [0.1, 0.15) is 11.1 Å². The second kappa shape index (κ2) is 8.33. The van der Waals surface area contributed by atoms with Gasteiger partial charge < -0.3 is 10.1 Å². The predicted molar refractivity (Wildman–Crippen MR) is 98.4 cm³/mol. The number of halogens is 1. The molecule has 134 valence electrons. The van der Waals surface area contributed by atoms with E-state index in [1.807, 2.05) is 19.1 Å². The van der Waals surface area contributed by atoms with Crippen molar-refractivity contribution in [3.63, 3.8) is 0 Å². The molecule has 0 heterocycles. The van der Waals surface area contributed by atoms with E-state index < -0.39 is 15.9 Å². The molecule has 0 aliphatic heterocycles. The highest BCUT2D eigenvalue weighted by Crippen LogP contribution is 2.25. The van der Waals surface area contributed by atoms with Crippen molar-refractivity contribution in [3.05, 3.63) is 58.6 Å². The average molecular weight is 383 g/mol. The zero-order chi connectivity index (χ0) is 18.4. The number of aryl methyl sites for hydroxylation is 1. The molecule has 0 fully saturated rings. The molecule has 0 aromatic heterocycles. The molecule has 6 nitrogen and oxygen atoms in total. The first-order valence-electron chi connectivity index (χ1n) is 7.46. The minimum absolute atomic E-state index is 0.283. The fraction of sp³-hybridized carbons (Fsp3) is 0.235. The molecule has 2 rings (SSSR count). The standard InChI is InChI=1S/C17H19ClN2O4S/c1-12-5-3-4-6-15(12)20-17(21)10-19-25(22,23)11-13-7-8-16(24-2)14(18)9-13/h3-9,19H,10-11H2,1-2H3,(H,20,21). The van der Waals surface area contributed by atoms with Gasteiger partial charge in [-0.3, -0.25) is 4.79 Å². The van der Waals surface area contributed by atoms with Crippen molar-refractivity contribution in [2.75, 3.05) is 19.0 Å². The summed E-state index contributed by atoms with van der Waals surface area (Å²) < 4.78 is 31.6. The third-order valence-corrected chi connectivity index (χ3v) is 5.04. The van der Waals surface area contributed by atoms with Gasteiger partial charge in [0.2, 0.25) is 15.9 Å². The molecule has 0 saturated carbocycles. The lowest BCUT2D eigenvalue weighted by Crippen LogP contribution is -2.33. The maximum Gasteiger partial charge on any atom is 0.239 e. The Bertz CT molecular complexity index is 869. The van der Waals surface area contributed by atoms with E-state index in [4.69, 9.17) is 16.3 Å². The van der Waals surface area contributed by atoms with Gasteiger partial charge in [0.05, 0.1) is 24.4 Å². The quantitative estimate of drug-likeness (QED) is 0.771. The van der Waals surface area contributed by atoms with E-state index in [2.05, 4.69) is 10.0 Å². The highest BCUT2D eigenvalue weighted by atomic mass is 35.5. The Morgan fingerprint density at radius 3 is 2.56 bits per heavy atom. The second-order valence-corrected chi connectivity index (χ2v) is 7.63. The highest BCUT2D eigenvalue weighted by Gasteiger charge is 2.15. The topological polar surface area (TPSA) is 84.5 Å². The zero-order valence-corrected chi connectivity index (χ0v) is 15.4. The Morgan fingerprint density at radius 2 is 1.92 bits per heavy atom. The predicted octanol–water partition coefficient (Wildman–Crippen LogP) is 2.72. The summed E-state index contributed by atoms with van der Waals surface area (Å²) in [5.41, 5.74) is 2.04. The number of para-hydroxylation sites is 1. The number of benzene rings is 2. The van der Waals surface area contributed by atoms with Crippen LogP contribution in [0.4, 0.5) is 5.69 Å². The van der Waals surface area contributed by atoms with Crippen LogP contribution in [0.25, 0.3) is 0 Å². The summed E-state index contributed by atoms with van der Waals surface area (Å²) in [5.74, 6) is -0.257. The third-order valence-electron chi connectivity index (χ3n) is 3.44. The van der Waals surface area contributed by atoms with E-state index in [0.29, 0.717) is 22.0 Å². The van der Waals surface area contributed by atoms with Crippen molar-refractivity contribution < 1.29 is 17.9 Å².